The fraction of sp³-hybridized carbons (Fsp3) is 0.136. The molecule has 0 heteroatoms. The van der Waals surface area contributed by atoms with Gasteiger partial charge in [-0.3, -0.25) is 0 Å². The first-order valence-electron chi connectivity index (χ1n) is 7.49. The molecule has 0 N–H and O–H groups in total. The van der Waals surface area contributed by atoms with Crippen LogP contribution < -0.4 is 0 Å². The van der Waals surface area contributed by atoms with Crippen LogP contribution in [0, 0.1) is 20.8 Å². The highest BCUT2D eigenvalue weighted by Crippen LogP contribution is 2.16. The lowest BCUT2D eigenvalue weighted by atomic mass is 10.0. The molecule has 0 aliphatic heterocycles. The van der Waals surface area contributed by atoms with E-state index in [2.05, 4.69) is 87.7 Å². The van der Waals surface area contributed by atoms with Crippen molar-refractivity contribution in [1.82, 2.24) is 0 Å². The Hall–Kier alpha value is -2.56. The van der Waals surface area contributed by atoms with Gasteiger partial charge in [0.15, 0.2) is 0 Å². The summed E-state index contributed by atoms with van der Waals surface area (Å²) < 4.78 is 0. The van der Waals surface area contributed by atoms with Crippen molar-refractivity contribution in [3.63, 3.8) is 0 Å². The maximum atomic E-state index is 3.78. The fourth-order valence-corrected chi connectivity index (χ4v) is 2.18. The van der Waals surface area contributed by atoms with Crippen molar-refractivity contribution in [1.29, 1.82) is 0 Å². The summed E-state index contributed by atoms with van der Waals surface area (Å²) in [5.74, 6) is 0. The van der Waals surface area contributed by atoms with Crippen LogP contribution in [0.5, 0.6) is 0 Å². The Bertz CT molecular complexity index is 749. The molecule has 0 bridgehead atoms. The molecule has 0 spiro atoms. The first-order chi connectivity index (χ1) is 10.6. The third-order valence-electron chi connectivity index (χ3n) is 3.75. The molecule has 0 saturated carbocycles. The van der Waals surface area contributed by atoms with Gasteiger partial charge in [-0.25, -0.2) is 0 Å². The molecule has 0 aliphatic carbocycles. The van der Waals surface area contributed by atoms with Crippen LogP contribution >= 0.6 is 0 Å². The largest absolute Gasteiger partial charge is 0.120 e. The quantitative estimate of drug-likeness (QED) is 0.474. The monoisotopic (exact) mass is 286 g/mol. The van der Waals surface area contributed by atoms with Crippen LogP contribution in [0.15, 0.2) is 73.0 Å². The van der Waals surface area contributed by atoms with Crippen molar-refractivity contribution in [3.05, 3.63) is 101 Å². The maximum Gasteiger partial charge on any atom is 0.0230 e. The third kappa shape index (κ3) is 4.22. The minimum Gasteiger partial charge on any atom is -0.120 e. The fourth-order valence-electron chi connectivity index (χ4n) is 2.18. The van der Waals surface area contributed by atoms with Crippen molar-refractivity contribution in [2.75, 3.05) is 0 Å². The lowest BCUT2D eigenvalue weighted by Crippen LogP contribution is -1.81. The van der Waals surface area contributed by atoms with Gasteiger partial charge in [-0.2, -0.15) is 0 Å². The molecular formula is C22H22. The number of rotatable bonds is 4. The van der Waals surface area contributed by atoms with Gasteiger partial charge >= 0.3 is 0 Å². The minimum absolute atomic E-state index is 1.00. The Morgan fingerprint density at radius 2 is 1.64 bits per heavy atom. The second kappa shape index (κ2) is 7.45. The van der Waals surface area contributed by atoms with Crippen molar-refractivity contribution in [2.24, 2.45) is 0 Å². The molecule has 0 unspecified atom stereocenters. The predicted octanol–water partition coefficient (Wildman–Crippen LogP) is 6.05. The predicted molar refractivity (Wildman–Crippen MR) is 97.8 cm³/mol. The second-order valence-corrected chi connectivity index (χ2v) is 5.52. The van der Waals surface area contributed by atoms with Crippen LogP contribution in [0.1, 0.15) is 27.8 Å². The zero-order chi connectivity index (χ0) is 15.9. The lowest BCUT2D eigenvalue weighted by Gasteiger charge is -2.01. The van der Waals surface area contributed by atoms with Crippen LogP contribution in [0.2, 0.25) is 0 Å². The number of allylic oxidation sites excluding steroid dienone is 4. The van der Waals surface area contributed by atoms with Crippen LogP contribution in [-0.2, 0) is 0 Å². The lowest BCUT2D eigenvalue weighted by molar-refractivity contribution is 1.33. The third-order valence-corrected chi connectivity index (χ3v) is 3.75. The second-order valence-electron chi connectivity index (χ2n) is 5.52. The molecule has 0 radical (unpaired) electrons. The van der Waals surface area contributed by atoms with Crippen molar-refractivity contribution in [2.45, 2.75) is 20.8 Å². The van der Waals surface area contributed by atoms with Gasteiger partial charge in [-0.15, -0.1) is 5.73 Å². The minimum atomic E-state index is 1.00. The molecule has 2 aromatic carbocycles. The molecule has 2 aromatic rings. The summed E-state index contributed by atoms with van der Waals surface area (Å²) in [6.45, 7) is 10.1. The van der Waals surface area contributed by atoms with Crippen LogP contribution in [-0.4, -0.2) is 0 Å². The van der Waals surface area contributed by atoms with Crippen LogP contribution in [0.25, 0.3) is 11.6 Å². The van der Waals surface area contributed by atoms with Crippen molar-refractivity contribution >= 4 is 11.6 Å². The SMILES string of the molecule is C=C=C(C=CC=Cc1ccc(C)c(C)c1)c1ccc(C)cc1. The molecule has 0 aliphatic rings. The van der Waals surface area contributed by atoms with Crippen molar-refractivity contribution in [3.8, 4) is 0 Å². The molecule has 22 heavy (non-hydrogen) atoms. The van der Waals surface area contributed by atoms with Gasteiger partial charge in [-0.05, 0) is 49.1 Å². The maximum absolute atomic E-state index is 3.78. The molecule has 0 heterocycles. The zero-order valence-corrected chi connectivity index (χ0v) is 13.6. The number of benzene rings is 2. The summed E-state index contributed by atoms with van der Waals surface area (Å²) in [4.78, 5) is 0. The summed E-state index contributed by atoms with van der Waals surface area (Å²) >= 11 is 0. The summed E-state index contributed by atoms with van der Waals surface area (Å²) in [6.07, 6.45) is 8.23. The Morgan fingerprint density at radius 1 is 0.909 bits per heavy atom. The van der Waals surface area contributed by atoms with Gasteiger partial charge in [0.05, 0.1) is 0 Å². The van der Waals surface area contributed by atoms with Gasteiger partial charge in [-0.1, -0.05) is 72.8 Å². The number of aryl methyl sites for hydroxylation is 3. The normalized spacial score (nSPS) is 11.0. The molecule has 0 nitrogen and oxygen atoms in total. The summed E-state index contributed by atoms with van der Waals surface area (Å²) in [5, 5.41) is 0. The molecule has 0 aromatic heterocycles. The van der Waals surface area contributed by atoms with E-state index in [-0.39, 0.29) is 0 Å². The van der Waals surface area contributed by atoms with E-state index in [0.29, 0.717) is 0 Å². The zero-order valence-electron chi connectivity index (χ0n) is 13.6. The topological polar surface area (TPSA) is 0 Å². The standard InChI is InChI=1S/C22H22/c1-5-21(22-14-10-17(2)11-15-22)9-7-6-8-20-13-12-18(3)19(4)16-20/h6-16H,1H2,2-4H3. The molecule has 0 fully saturated rings. The van der Waals surface area contributed by atoms with E-state index < -0.39 is 0 Å². The first kappa shape index (κ1) is 15.8. The highest BCUT2D eigenvalue weighted by atomic mass is 14.0. The highest BCUT2D eigenvalue weighted by molar-refractivity contribution is 5.74. The van der Waals surface area contributed by atoms with E-state index in [0.717, 1.165) is 11.1 Å². The summed E-state index contributed by atoms with van der Waals surface area (Å²) in [6, 6.07) is 14.9. The van der Waals surface area contributed by atoms with Crippen LogP contribution in [0.3, 0.4) is 0 Å². The molecule has 2 rings (SSSR count). The molecule has 0 saturated heterocycles. The Labute approximate surface area is 133 Å². The van der Waals surface area contributed by atoms with E-state index in [1.54, 1.807) is 0 Å². The van der Waals surface area contributed by atoms with Crippen molar-refractivity contribution < 1.29 is 0 Å². The molecular weight excluding hydrogens is 264 g/mol. The molecule has 0 atom stereocenters. The van der Waals surface area contributed by atoms with E-state index in [1.807, 2.05) is 12.2 Å². The van der Waals surface area contributed by atoms with E-state index in [9.17, 15) is 0 Å². The molecule has 0 amide bonds. The number of hydrogen-bond acceptors (Lipinski definition) is 0. The molecule has 110 valence electrons. The van der Waals surface area contributed by atoms with E-state index >= 15 is 0 Å². The Balaban J connectivity index is 2.10. The van der Waals surface area contributed by atoms with Gasteiger partial charge in [0, 0.05) is 5.57 Å². The average Bonchev–Trinajstić information content (AvgIpc) is 2.52. The highest BCUT2D eigenvalue weighted by Gasteiger charge is 1.95. The van der Waals surface area contributed by atoms with Crippen LogP contribution in [0.4, 0.5) is 0 Å². The number of hydrogen-bond donors (Lipinski definition) is 0. The Morgan fingerprint density at radius 3 is 2.27 bits per heavy atom. The van der Waals surface area contributed by atoms with E-state index in [4.69, 9.17) is 0 Å². The summed E-state index contributed by atoms with van der Waals surface area (Å²) in [7, 11) is 0. The van der Waals surface area contributed by atoms with Gasteiger partial charge in [0.25, 0.3) is 0 Å². The van der Waals surface area contributed by atoms with Gasteiger partial charge in [0.1, 0.15) is 0 Å². The van der Waals surface area contributed by atoms with Gasteiger partial charge < -0.3 is 0 Å². The average molecular weight is 286 g/mol. The van der Waals surface area contributed by atoms with E-state index in [1.165, 1.54) is 22.3 Å². The Kier molecular flexibility index (Phi) is 5.36. The summed E-state index contributed by atoms with van der Waals surface area (Å²) in [5.41, 5.74) is 10.2. The van der Waals surface area contributed by atoms with Gasteiger partial charge in [0.2, 0.25) is 0 Å². The first-order valence-corrected chi connectivity index (χ1v) is 7.49. The smallest absolute Gasteiger partial charge is 0.0230 e.